The summed E-state index contributed by atoms with van der Waals surface area (Å²) >= 11 is 0. The number of nitrogens with zero attached hydrogens (tertiary/aromatic N) is 3. The maximum atomic E-state index is 12.0. The van der Waals surface area contributed by atoms with E-state index in [-0.39, 0.29) is 30.7 Å². The van der Waals surface area contributed by atoms with Crippen molar-refractivity contribution >= 4 is 23.5 Å². The third-order valence-corrected chi connectivity index (χ3v) is 3.24. The molecule has 1 atom stereocenters. The molecule has 3 N–H and O–H groups in total. The molecule has 1 fully saturated rings. The predicted molar refractivity (Wildman–Crippen MR) is 70.4 cm³/mol. The van der Waals surface area contributed by atoms with Gasteiger partial charge in [0.25, 0.3) is 0 Å². The Morgan fingerprint density at radius 3 is 2.95 bits per heavy atom. The second kappa shape index (κ2) is 5.72. The van der Waals surface area contributed by atoms with Gasteiger partial charge in [-0.05, 0) is 6.42 Å². The van der Waals surface area contributed by atoms with E-state index in [1.807, 2.05) is 0 Å². The largest absolute Gasteiger partial charge is 0.368 e. The summed E-state index contributed by atoms with van der Waals surface area (Å²) in [6.07, 6.45) is 2.40. The van der Waals surface area contributed by atoms with Crippen LogP contribution in [0, 0.1) is 5.92 Å². The van der Waals surface area contributed by atoms with Crippen LogP contribution in [0.1, 0.15) is 12.8 Å². The van der Waals surface area contributed by atoms with E-state index in [2.05, 4.69) is 10.4 Å². The minimum absolute atomic E-state index is 0.0318. The molecular weight excluding hydrogens is 262 g/mol. The number of anilines is 1. The molecule has 20 heavy (non-hydrogen) atoms. The summed E-state index contributed by atoms with van der Waals surface area (Å²) in [5.41, 5.74) is 5.05. The van der Waals surface area contributed by atoms with Crippen LogP contribution in [0.5, 0.6) is 0 Å². The summed E-state index contributed by atoms with van der Waals surface area (Å²) in [4.78, 5) is 36.0. The first kappa shape index (κ1) is 14.0. The number of primary amides is 1. The summed E-state index contributed by atoms with van der Waals surface area (Å²) in [7, 11) is 1.72. The van der Waals surface area contributed by atoms with Gasteiger partial charge in [-0.2, -0.15) is 5.10 Å². The molecule has 0 radical (unpaired) electrons. The van der Waals surface area contributed by atoms with E-state index in [9.17, 15) is 14.4 Å². The number of carbonyl (C=O) groups is 3. The minimum atomic E-state index is -0.508. The lowest BCUT2D eigenvalue weighted by atomic mass is 9.96. The van der Waals surface area contributed by atoms with Gasteiger partial charge in [-0.3, -0.25) is 19.1 Å². The quantitative estimate of drug-likeness (QED) is 0.749. The van der Waals surface area contributed by atoms with Crippen LogP contribution in [0.3, 0.4) is 0 Å². The van der Waals surface area contributed by atoms with Gasteiger partial charge in [0.05, 0.1) is 0 Å². The van der Waals surface area contributed by atoms with Crippen LogP contribution in [-0.2, 0) is 20.9 Å². The molecule has 8 nitrogen and oxygen atoms in total. The molecule has 0 aliphatic carbocycles. The highest BCUT2D eigenvalue weighted by atomic mass is 16.2. The van der Waals surface area contributed by atoms with Crippen molar-refractivity contribution in [3.8, 4) is 0 Å². The summed E-state index contributed by atoms with van der Waals surface area (Å²) in [5, 5.41) is 6.65. The Bertz CT molecular complexity index is 539. The zero-order valence-electron chi connectivity index (χ0n) is 11.2. The number of piperidine rings is 1. The van der Waals surface area contributed by atoms with E-state index >= 15 is 0 Å². The number of nitrogens with one attached hydrogen (secondary N) is 1. The highest BCUT2D eigenvalue weighted by Crippen LogP contribution is 2.18. The first-order valence-corrected chi connectivity index (χ1v) is 6.32. The molecule has 8 heteroatoms. The SMILES string of the molecule is CN1CC[C@H](C(=O)Nc2ccn(CC(N)=O)n2)CC1=O. The number of amides is 3. The average Bonchev–Trinajstić information content (AvgIpc) is 2.79. The van der Waals surface area contributed by atoms with Gasteiger partial charge >= 0.3 is 0 Å². The van der Waals surface area contributed by atoms with Gasteiger partial charge in [0.2, 0.25) is 17.7 Å². The van der Waals surface area contributed by atoms with Crippen LogP contribution in [0.15, 0.2) is 12.3 Å². The second-order valence-electron chi connectivity index (χ2n) is 4.86. The third kappa shape index (κ3) is 3.34. The monoisotopic (exact) mass is 279 g/mol. The number of carbonyl (C=O) groups excluding carboxylic acids is 3. The lowest BCUT2D eigenvalue weighted by Crippen LogP contribution is -2.39. The maximum absolute atomic E-state index is 12.0. The van der Waals surface area contributed by atoms with E-state index < -0.39 is 5.91 Å². The first-order valence-electron chi connectivity index (χ1n) is 6.32. The van der Waals surface area contributed by atoms with Crippen LogP contribution in [0.2, 0.25) is 0 Å². The lowest BCUT2D eigenvalue weighted by molar-refractivity contribution is -0.137. The van der Waals surface area contributed by atoms with E-state index in [0.29, 0.717) is 18.8 Å². The zero-order valence-corrected chi connectivity index (χ0v) is 11.2. The molecule has 1 aliphatic heterocycles. The normalized spacial score (nSPS) is 18.9. The van der Waals surface area contributed by atoms with Gasteiger partial charge in [0, 0.05) is 38.2 Å². The molecule has 0 aromatic carbocycles. The number of nitrogens with two attached hydrogens (primary N) is 1. The molecule has 108 valence electrons. The fourth-order valence-electron chi connectivity index (χ4n) is 2.07. The van der Waals surface area contributed by atoms with Crippen molar-refractivity contribution < 1.29 is 14.4 Å². The van der Waals surface area contributed by atoms with Crippen LogP contribution < -0.4 is 11.1 Å². The van der Waals surface area contributed by atoms with Crippen molar-refractivity contribution in [3.05, 3.63) is 12.3 Å². The number of hydrogen-bond acceptors (Lipinski definition) is 4. The van der Waals surface area contributed by atoms with Crippen LogP contribution >= 0.6 is 0 Å². The first-order chi connectivity index (χ1) is 9.45. The van der Waals surface area contributed by atoms with Crippen LogP contribution in [0.25, 0.3) is 0 Å². The molecule has 0 unspecified atom stereocenters. The van der Waals surface area contributed by atoms with Crippen molar-refractivity contribution in [2.45, 2.75) is 19.4 Å². The van der Waals surface area contributed by atoms with E-state index in [4.69, 9.17) is 5.73 Å². The Labute approximate surface area is 115 Å². The number of hydrogen-bond donors (Lipinski definition) is 2. The van der Waals surface area contributed by atoms with Gasteiger partial charge in [-0.25, -0.2) is 0 Å². The van der Waals surface area contributed by atoms with Crippen molar-refractivity contribution in [2.75, 3.05) is 18.9 Å². The van der Waals surface area contributed by atoms with E-state index in [0.717, 1.165) is 0 Å². The Kier molecular flexibility index (Phi) is 4.02. The summed E-state index contributed by atoms with van der Waals surface area (Å²) in [6, 6.07) is 1.58. The Morgan fingerprint density at radius 2 is 2.30 bits per heavy atom. The van der Waals surface area contributed by atoms with Crippen molar-refractivity contribution in [1.29, 1.82) is 0 Å². The number of likely N-dealkylation sites (tertiary alicyclic amines) is 1. The number of rotatable bonds is 4. The maximum Gasteiger partial charge on any atom is 0.239 e. The second-order valence-corrected chi connectivity index (χ2v) is 4.86. The van der Waals surface area contributed by atoms with Crippen molar-refractivity contribution in [1.82, 2.24) is 14.7 Å². The smallest absolute Gasteiger partial charge is 0.239 e. The van der Waals surface area contributed by atoms with Crippen molar-refractivity contribution in [3.63, 3.8) is 0 Å². The van der Waals surface area contributed by atoms with Crippen LogP contribution in [-0.4, -0.2) is 46.0 Å². The van der Waals surface area contributed by atoms with Gasteiger partial charge < -0.3 is 16.0 Å². The molecule has 2 rings (SSSR count). The summed E-state index contributed by atoms with van der Waals surface area (Å²) in [5.74, 6) is -0.749. The summed E-state index contributed by atoms with van der Waals surface area (Å²) in [6.45, 7) is 0.537. The Hall–Kier alpha value is -2.38. The molecule has 1 aromatic heterocycles. The molecule has 0 spiro atoms. The molecule has 3 amide bonds. The molecular formula is C12H17N5O3. The fourth-order valence-corrected chi connectivity index (χ4v) is 2.07. The topological polar surface area (TPSA) is 110 Å². The highest BCUT2D eigenvalue weighted by Gasteiger charge is 2.28. The minimum Gasteiger partial charge on any atom is -0.368 e. The average molecular weight is 279 g/mol. The van der Waals surface area contributed by atoms with Gasteiger partial charge in [-0.1, -0.05) is 0 Å². The van der Waals surface area contributed by atoms with Crippen molar-refractivity contribution in [2.24, 2.45) is 11.7 Å². The van der Waals surface area contributed by atoms with Gasteiger partial charge in [-0.15, -0.1) is 0 Å². The van der Waals surface area contributed by atoms with Gasteiger partial charge in [0.1, 0.15) is 6.54 Å². The fraction of sp³-hybridized carbons (Fsp3) is 0.500. The molecule has 0 bridgehead atoms. The highest BCUT2D eigenvalue weighted by molar-refractivity contribution is 5.95. The standard InChI is InChI=1S/C12H17N5O3/c1-16-4-2-8(6-11(16)19)12(20)14-10-3-5-17(15-10)7-9(13)18/h3,5,8H,2,4,6-7H2,1H3,(H2,13,18)(H,14,15,20)/t8-/m0/s1. The third-order valence-electron chi connectivity index (χ3n) is 3.24. The molecule has 1 aliphatic rings. The lowest BCUT2D eigenvalue weighted by Gasteiger charge is -2.27. The molecule has 0 saturated carbocycles. The van der Waals surface area contributed by atoms with Crippen LogP contribution in [0.4, 0.5) is 5.82 Å². The summed E-state index contributed by atoms with van der Waals surface area (Å²) < 4.78 is 1.34. The Morgan fingerprint density at radius 1 is 1.55 bits per heavy atom. The zero-order chi connectivity index (χ0) is 14.7. The van der Waals surface area contributed by atoms with Gasteiger partial charge in [0.15, 0.2) is 5.82 Å². The van der Waals surface area contributed by atoms with E-state index in [1.165, 1.54) is 4.68 Å². The predicted octanol–water partition coefficient (Wildman–Crippen LogP) is -0.825. The molecule has 1 aromatic rings. The molecule has 2 heterocycles. The Balaban J connectivity index is 1.92. The number of aromatic nitrogens is 2. The molecule has 1 saturated heterocycles. The van der Waals surface area contributed by atoms with E-state index in [1.54, 1.807) is 24.2 Å².